The molecular weight excluding hydrogens is 457 g/mol. The van der Waals surface area contributed by atoms with Crippen molar-refractivity contribution in [1.29, 1.82) is 0 Å². The van der Waals surface area contributed by atoms with E-state index < -0.39 is 10.0 Å². The SMILES string of the molecule is O=S(=O)(Nc1cccc(I)c1)c1ccc(CO)cc1Br. The molecule has 0 bridgehead atoms. The maximum Gasteiger partial charge on any atom is 0.263 e. The average molecular weight is 468 g/mol. The average Bonchev–Trinajstić information content (AvgIpc) is 2.37. The number of halogens is 2. The number of hydrogen-bond acceptors (Lipinski definition) is 3. The number of benzene rings is 2. The van der Waals surface area contributed by atoms with Crippen LogP contribution in [0.2, 0.25) is 0 Å². The van der Waals surface area contributed by atoms with Gasteiger partial charge in [-0.1, -0.05) is 12.1 Å². The molecule has 0 radical (unpaired) electrons. The third-order valence-corrected chi connectivity index (χ3v) is 5.57. The van der Waals surface area contributed by atoms with Crippen LogP contribution in [0.15, 0.2) is 51.8 Å². The van der Waals surface area contributed by atoms with Gasteiger partial charge in [0.2, 0.25) is 0 Å². The van der Waals surface area contributed by atoms with Crippen LogP contribution in [-0.4, -0.2) is 13.5 Å². The summed E-state index contributed by atoms with van der Waals surface area (Å²) in [5.74, 6) is 0. The highest BCUT2D eigenvalue weighted by molar-refractivity contribution is 14.1. The molecule has 0 unspecified atom stereocenters. The van der Waals surface area contributed by atoms with Crippen molar-refractivity contribution in [3.8, 4) is 0 Å². The summed E-state index contributed by atoms with van der Waals surface area (Å²) < 4.78 is 28.5. The molecule has 2 aromatic rings. The molecule has 0 saturated carbocycles. The summed E-state index contributed by atoms with van der Waals surface area (Å²) in [5.41, 5.74) is 1.15. The predicted molar refractivity (Wildman–Crippen MR) is 90.0 cm³/mol. The highest BCUT2D eigenvalue weighted by Crippen LogP contribution is 2.25. The zero-order valence-corrected chi connectivity index (χ0v) is 14.7. The van der Waals surface area contributed by atoms with Crippen LogP contribution < -0.4 is 4.72 Å². The normalized spacial score (nSPS) is 11.3. The highest BCUT2D eigenvalue weighted by Gasteiger charge is 2.18. The summed E-state index contributed by atoms with van der Waals surface area (Å²) in [4.78, 5) is 0.133. The van der Waals surface area contributed by atoms with Crippen LogP contribution in [0.25, 0.3) is 0 Å². The lowest BCUT2D eigenvalue weighted by atomic mass is 10.2. The fourth-order valence-electron chi connectivity index (χ4n) is 1.62. The molecule has 2 rings (SSSR count). The zero-order chi connectivity index (χ0) is 14.8. The first-order valence-electron chi connectivity index (χ1n) is 5.60. The Bertz CT molecular complexity index is 734. The molecule has 2 aromatic carbocycles. The van der Waals surface area contributed by atoms with Gasteiger partial charge in [0, 0.05) is 13.7 Å². The van der Waals surface area contributed by atoms with E-state index in [1.54, 1.807) is 30.3 Å². The van der Waals surface area contributed by atoms with Crippen molar-refractivity contribution in [3.63, 3.8) is 0 Å². The van der Waals surface area contributed by atoms with E-state index in [0.29, 0.717) is 15.7 Å². The van der Waals surface area contributed by atoms with Gasteiger partial charge >= 0.3 is 0 Å². The summed E-state index contributed by atoms with van der Waals surface area (Å²) in [7, 11) is -3.67. The predicted octanol–water partition coefficient (Wildman–Crippen LogP) is 3.35. The minimum atomic E-state index is -3.67. The maximum atomic E-state index is 12.3. The molecule has 0 aliphatic carbocycles. The van der Waals surface area contributed by atoms with Crippen molar-refractivity contribution < 1.29 is 13.5 Å². The van der Waals surface area contributed by atoms with Gasteiger partial charge in [-0.15, -0.1) is 0 Å². The maximum absolute atomic E-state index is 12.3. The lowest BCUT2D eigenvalue weighted by Gasteiger charge is -2.10. The van der Waals surface area contributed by atoms with Crippen LogP contribution in [0, 0.1) is 3.57 Å². The van der Waals surface area contributed by atoms with Gasteiger partial charge in [0.25, 0.3) is 10.0 Å². The van der Waals surface area contributed by atoms with E-state index in [4.69, 9.17) is 5.11 Å². The summed E-state index contributed by atoms with van der Waals surface area (Å²) in [6.45, 7) is -0.136. The molecule has 0 aliphatic heterocycles. The van der Waals surface area contributed by atoms with Crippen LogP contribution >= 0.6 is 38.5 Å². The first-order chi connectivity index (χ1) is 9.42. The fourth-order valence-corrected chi connectivity index (χ4v) is 4.34. The van der Waals surface area contributed by atoms with Crippen LogP contribution in [0.3, 0.4) is 0 Å². The molecular formula is C13H11BrINO3S. The number of aliphatic hydroxyl groups excluding tert-OH is 1. The van der Waals surface area contributed by atoms with E-state index >= 15 is 0 Å². The molecule has 20 heavy (non-hydrogen) atoms. The van der Waals surface area contributed by atoms with E-state index in [0.717, 1.165) is 3.57 Å². The van der Waals surface area contributed by atoms with Gasteiger partial charge in [-0.3, -0.25) is 4.72 Å². The van der Waals surface area contributed by atoms with Gasteiger partial charge in [0.15, 0.2) is 0 Å². The van der Waals surface area contributed by atoms with Crippen molar-refractivity contribution >= 4 is 54.2 Å². The first kappa shape index (κ1) is 15.7. The summed E-state index contributed by atoms with van der Waals surface area (Å²) in [5, 5.41) is 9.03. The summed E-state index contributed by atoms with van der Waals surface area (Å²) in [6, 6.07) is 11.7. The van der Waals surface area contributed by atoms with E-state index in [1.165, 1.54) is 6.07 Å². The van der Waals surface area contributed by atoms with E-state index in [2.05, 4.69) is 43.2 Å². The lowest BCUT2D eigenvalue weighted by Crippen LogP contribution is -2.13. The second kappa shape index (κ2) is 6.42. The van der Waals surface area contributed by atoms with E-state index in [-0.39, 0.29) is 11.5 Å². The minimum Gasteiger partial charge on any atom is -0.392 e. The summed E-state index contributed by atoms with van der Waals surface area (Å²) >= 11 is 5.34. The Kier molecular flexibility index (Phi) is 5.05. The first-order valence-corrected chi connectivity index (χ1v) is 8.95. The topological polar surface area (TPSA) is 66.4 Å². The molecule has 0 spiro atoms. The van der Waals surface area contributed by atoms with Gasteiger partial charge in [-0.2, -0.15) is 0 Å². The third kappa shape index (κ3) is 3.72. The molecule has 0 atom stereocenters. The van der Waals surface area contributed by atoms with Gasteiger partial charge in [-0.25, -0.2) is 8.42 Å². The number of nitrogens with one attached hydrogen (secondary N) is 1. The van der Waals surface area contributed by atoms with Gasteiger partial charge in [0.05, 0.1) is 6.61 Å². The van der Waals surface area contributed by atoms with Crippen molar-refractivity contribution in [2.75, 3.05) is 4.72 Å². The third-order valence-electron chi connectivity index (χ3n) is 2.55. The molecule has 4 nitrogen and oxygen atoms in total. The molecule has 0 aliphatic rings. The summed E-state index contributed by atoms with van der Waals surface area (Å²) in [6.07, 6.45) is 0. The molecule has 0 fully saturated rings. The van der Waals surface area contributed by atoms with Crippen LogP contribution in [0.4, 0.5) is 5.69 Å². The quantitative estimate of drug-likeness (QED) is 0.677. The molecule has 0 saturated heterocycles. The number of hydrogen-bond donors (Lipinski definition) is 2. The van der Waals surface area contributed by atoms with Gasteiger partial charge < -0.3 is 5.11 Å². The molecule has 106 valence electrons. The van der Waals surface area contributed by atoms with Gasteiger partial charge in [-0.05, 0) is 74.4 Å². The van der Waals surface area contributed by atoms with Crippen LogP contribution in [-0.2, 0) is 16.6 Å². The van der Waals surface area contributed by atoms with Gasteiger partial charge in [0.1, 0.15) is 4.90 Å². The monoisotopic (exact) mass is 467 g/mol. The van der Waals surface area contributed by atoms with Crippen molar-refractivity contribution in [3.05, 3.63) is 56.1 Å². The Hall–Kier alpha value is -0.640. The molecule has 0 heterocycles. The highest BCUT2D eigenvalue weighted by atomic mass is 127. The van der Waals surface area contributed by atoms with Crippen molar-refractivity contribution in [2.24, 2.45) is 0 Å². The Morgan fingerprint density at radius 2 is 1.95 bits per heavy atom. The Balaban J connectivity index is 2.36. The molecule has 0 amide bonds. The zero-order valence-electron chi connectivity index (χ0n) is 10.2. The van der Waals surface area contributed by atoms with Crippen molar-refractivity contribution in [2.45, 2.75) is 11.5 Å². The second-order valence-electron chi connectivity index (χ2n) is 4.04. The lowest BCUT2D eigenvalue weighted by molar-refractivity contribution is 0.281. The molecule has 2 N–H and O–H groups in total. The smallest absolute Gasteiger partial charge is 0.263 e. The minimum absolute atomic E-state index is 0.133. The largest absolute Gasteiger partial charge is 0.392 e. The number of aliphatic hydroxyl groups is 1. The number of sulfonamides is 1. The Labute approximate surface area is 139 Å². The standard InChI is InChI=1S/C13H11BrINO3S/c14-12-6-9(8-17)4-5-13(12)20(18,19)16-11-3-1-2-10(15)7-11/h1-7,16-17H,8H2. The molecule has 0 aromatic heterocycles. The molecule has 7 heteroatoms. The number of rotatable bonds is 4. The Morgan fingerprint density at radius 3 is 2.55 bits per heavy atom. The number of anilines is 1. The van der Waals surface area contributed by atoms with E-state index in [1.807, 2.05) is 6.07 Å². The fraction of sp³-hybridized carbons (Fsp3) is 0.0769. The second-order valence-corrected chi connectivity index (χ2v) is 7.79. The van der Waals surface area contributed by atoms with E-state index in [9.17, 15) is 8.42 Å². The van der Waals surface area contributed by atoms with Crippen LogP contribution in [0.5, 0.6) is 0 Å². The Morgan fingerprint density at radius 1 is 1.20 bits per heavy atom. The van der Waals surface area contributed by atoms with Crippen LogP contribution in [0.1, 0.15) is 5.56 Å². The van der Waals surface area contributed by atoms with Crippen molar-refractivity contribution in [1.82, 2.24) is 0 Å².